The molecule has 0 radical (unpaired) electrons. The second-order valence-corrected chi connectivity index (χ2v) is 8.64. The van der Waals surface area contributed by atoms with Crippen LogP contribution in [0.15, 0.2) is 29.3 Å². The molecule has 0 aliphatic heterocycles. The predicted molar refractivity (Wildman–Crippen MR) is 98.1 cm³/mol. The third-order valence-electron chi connectivity index (χ3n) is 4.83. The zero-order valence-electron chi connectivity index (χ0n) is 14.7. The molecule has 0 saturated heterocycles. The molecule has 26 heavy (non-hydrogen) atoms. The number of nitriles is 1. The summed E-state index contributed by atoms with van der Waals surface area (Å²) in [6.45, 7) is 1.91. The molecule has 1 aromatic carbocycles. The summed E-state index contributed by atoms with van der Waals surface area (Å²) < 4.78 is 26.5. The summed E-state index contributed by atoms with van der Waals surface area (Å²) in [5, 5.41) is 10.3. The molecule has 0 N–H and O–H groups in total. The summed E-state index contributed by atoms with van der Waals surface area (Å²) in [5.41, 5.74) is 3.81. The molecule has 0 fully saturated rings. The molecule has 6 nitrogen and oxygen atoms in total. The zero-order valence-corrected chi connectivity index (χ0v) is 15.5. The van der Waals surface area contributed by atoms with Crippen molar-refractivity contribution in [1.82, 2.24) is 14.5 Å². The van der Waals surface area contributed by atoms with E-state index < -0.39 is 9.84 Å². The van der Waals surface area contributed by atoms with Gasteiger partial charge in [0.05, 0.1) is 22.8 Å². The summed E-state index contributed by atoms with van der Waals surface area (Å²) in [7, 11) is -3.45. The van der Waals surface area contributed by atoms with Gasteiger partial charge in [-0.05, 0) is 50.8 Å². The first-order valence-corrected chi connectivity index (χ1v) is 10.4. The van der Waals surface area contributed by atoms with Crippen LogP contribution in [0, 0.1) is 18.3 Å². The lowest BCUT2D eigenvalue weighted by Gasteiger charge is -2.19. The monoisotopic (exact) mass is 366 g/mol. The van der Waals surface area contributed by atoms with Gasteiger partial charge in [0, 0.05) is 22.9 Å². The molecule has 2 aromatic heterocycles. The molecule has 0 saturated carbocycles. The van der Waals surface area contributed by atoms with Gasteiger partial charge in [0.25, 0.3) is 0 Å². The minimum absolute atomic E-state index is 0.134. The largest absolute Gasteiger partial charge is 0.283 e. The molecular formula is C19H18N4O2S. The Morgan fingerprint density at radius 3 is 2.69 bits per heavy atom. The third-order valence-corrected chi connectivity index (χ3v) is 5.88. The topological polar surface area (TPSA) is 88.6 Å². The minimum Gasteiger partial charge on any atom is -0.283 e. The maximum atomic E-state index is 12.3. The summed E-state index contributed by atoms with van der Waals surface area (Å²) in [5.74, 6) is 0.355. The minimum atomic E-state index is -3.45. The fourth-order valence-electron chi connectivity index (χ4n) is 3.68. The second kappa shape index (κ2) is 5.92. The van der Waals surface area contributed by atoms with E-state index in [-0.39, 0.29) is 5.03 Å². The van der Waals surface area contributed by atoms with Crippen LogP contribution in [-0.4, -0.2) is 29.2 Å². The van der Waals surface area contributed by atoms with Crippen LogP contribution in [0.1, 0.15) is 35.4 Å². The van der Waals surface area contributed by atoms with Gasteiger partial charge in [-0.1, -0.05) is 6.07 Å². The third kappa shape index (κ3) is 2.58. The number of hydrogen-bond donors (Lipinski definition) is 0. The van der Waals surface area contributed by atoms with E-state index in [0.717, 1.165) is 47.1 Å². The van der Waals surface area contributed by atoms with Crippen molar-refractivity contribution in [2.75, 3.05) is 6.26 Å². The van der Waals surface area contributed by atoms with Gasteiger partial charge in [0.1, 0.15) is 0 Å². The molecule has 2 heterocycles. The Hall–Kier alpha value is -2.72. The van der Waals surface area contributed by atoms with Crippen molar-refractivity contribution >= 4 is 20.7 Å². The Morgan fingerprint density at radius 1 is 1.19 bits per heavy atom. The highest BCUT2D eigenvalue weighted by Gasteiger charge is 2.25. The van der Waals surface area contributed by atoms with Crippen LogP contribution in [0.25, 0.3) is 16.9 Å². The van der Waals surface area contributed by atoms with Gasteiger partial charge in [-0.2, -0.15) is 5.26 Å². The maximum Gasteiger partial charge on any atom is 0.235 e. The number of aryl methyl sites for hydroxylation is 2. The Labute approximate surface area is 152 Å². The first kappa shape index (κ1) is 16.7. The molecule has 0 spiro atoms. The van der Waals surface area contributed by atoms with Crippen molar-refractivity contribution < 1.29 is 8.42 Å². The van der Waals surface area contributed by atoms with Gasteiger partial charge in [0.15, 0.2) is 14.9 Å². The lowest BCUT2D eigenvalue weighted by atomic mass is 9.97. The zero-order chi connectivity index (χ0) is 18.5. The smallest absolute Gasteiger partial charge is 0.235 e. The Bertz CT molecular complexity index is 1190. The van der Waals surface area contributed by atoms with Crippen molar-refractivity contribution in [3.8, 4) is 12.0 Å². The van der Waals surface area contributed by atoms with E-state index in [1.165, 1.54) is 6.26 Å². The normalized spacial score (nSPS) is 14.2. The molecule has 132 valence electrons. The lowest BCUT2D eigenvalue weighted by Crippen LogP contribution is -2.17. The summed E-state index contributed by atoms with van der Waals surface area (Å²) in [4.78, 5) is 9.15. The predicted octanol–water partition coefficient (Wildman–Crippen LogP) is 2.88. The van der Waals surface area contributed by atoms with Gasteiger partial charge in [0.2, 0.25) is 5.95 Å². The first-order chi connectivity index (χ1) is 12.4. The fourth-order valence-corrected chi connectivity index (χ4v) is 4.59. The van der Waals surface area contributed by atoms with E-state index in [1.54, 1.807) is 6.07 Å². The molecule has 0 unspecified atom stereocenters. The SMILES string of the molecule is Cc1cc2c(C#N)cccc2n1-c1nc2c(c(S(C)(=O)=O)n1)CCCC2. The number of hydrogen-bond acceptors (Lipinski definition) is 5. The van der Waals surface area contributed by atoms with E-state index in [1.807, 2.05) is 29.7 Å². The average Bonchev–Trinajstić information content (AvgIpc) is 2.95. The average molecular weight is 366 g/mol. The molecule has 4 rings (SSSR count). The molecular weight excluding hydrogens is 348 g/mol. The van der Waals surface area contributed by atoms with Crippen LogP contribution < -0.4 is 0 Å². The first-order valence-electron chi connectivity index (χ1n) is 8.51. The van der Waals surface area contributed by atoms with Crippen molar-refractivity contribution in [3.63, 3.8) is 0 Å². The molecule has 0 amide bonds. The highest BCUT2D eigenvalue weighted by molar-refractivity contribution is 7.90. The second-order valence-electron chi connectivity index (χ2n) is 6.70. The summed E-state index contributed by atoms with van der Waals surface area (Å²) >= 11 is 0. The molecule has 1 aliphatic carbocycles. The number of rotatable bonds is 2. The Balaban J connectivity index is 2.05. The standard InChI is InChI=1S/C19H18N4O2S/c1-12-10-15-13(11-20)6-5-9-17(15)23(12)19-21-16-8-4-3-7-14(16)18(22-19)26(2,24)25/h5-6,9-10H,3-4,7-8H2,1-2H3. The van der Waals surface area contributed by atoms with E-state index in [2.05, 4.69) is 11.1 Å². The number of aromatic nitrogens is 3. The van der Waals surface area contributed by atoms with Gasteiger partial charge in [-0.15, -0.1) is 0 Å². The van der Waals surface area contributed by atoms with E-state index in [9.17, 15) is 13.7 Å². The number of sulfone groups is 1. The van der Waals surface area contributed by atoms with Gasteiger partial charge in [-0.25, -0.2) is 18.4 Å². The van der Waals surface area contributed by atoms with Gasteiger partial charge >= 0.3 is 0 Å². The van der Waals surface area contributed by atoms with Crippen molar-refractivity contribution in [1.29, 1.82) is 5.26 Å². The number of benzene rings is 1. The highest BCUT2D eigenvalue weighted by atomic mass is 32.2. The molecule has 0 atom stereocenters. The Kier molecular flexibility index (Phi) is 3.81. The maximum absolute atomic E-state index is 12.3. The molecule has 7 heteroatoms. The van der Waals surface area contributed by atoms with Gasteiger partial charge < -0.3 is 0 Å². The van der Waals surface area contributed by atoms with Crippen LogP contribution in [0.4, 0.5) is 0 Å². The van der Waals surface area contributed by atoms with Crippen LogP contribution in [0.3, 0.4) is 0 Å². The number of fused-ring (bicyclic) bond motifs is 2. The highest BCUT2D eigenvalue weighted by Crippen LogP contribution is 2.29. The molecule has 1 aliphatic rings. The van der Waals surface area contributed by atoms with E-state index >= 15 is 0 Å². The van der Waals surface area contributed by atoms with Crippen LogP contribution in [-0.2, 0) is 22.7 Å². The molecule has 0 bridgehead atoms. The van der Waals surface area contributed by atoms with Crippen LogP contribution >= 0.6 is 0 Å². The molecule has 3 aromatic rings. The quantitative estimate of drug-likeness (QED) is 0.651. The number of nitrogens with zero attached hydrogens (tertiary/aromatic N) is 4. The van der Waals surface area contributed by atoms with Crippen molar-refractivity contribution in [3.05, 3.63) is 46.8 Å². The lowest BCUT2D eigenvalue weighted by molar-refractivity contribution is 0.585. The van der Waals surface area contributed by atoms with Crippen molar-refractivity contribution in [2.24, 2.45) is 0 Å². The van der Waals surface area contributed by atoms with Crippen LogP contribution in [0.5, 0.6) is 0 Å². The van der Waals surface area contributed by atoms with Crippen LogP contribution in [0.2, 0.25) is 0 Å². The Morgan fingerprint density at radius 2 is 1.96 bits per heavy atom. The van der Waals surface area contributed by atoms with E-state index in [4.69, 9.17) is 4.98 Å². The summed E-state index contributed by atoms with van der Waals surface area (Å²) in [6.07, 6.45) is 4.60. The fraction of sp³-hybridized carbons (Fsp3) is 0.316. The van der Waals surface area contributed by atoms with E-state index in [0.29, 0.717) is 17.9 Å². The summed E-state index contributed by atoms with van der Waals surface area (Å²) in [6, 6.07) is 9.58. The van der Waals surface area contributed by atoms with Gasteiger partial charge in [-0.3, -0.25) is 4.57 Å². The van der Waals surface area contributed by atoms with Crippen molar-refractivity contribution in [2.45, 2.75) is 37.6 Å².